The molecule has 0 heterocycles. The summed E-state index contributed by atoms with van der Waals surface area (Å²) in [5, 5.41) is 3.63. The van der Waals surface area contributed by atoms with Gasteiger partial charge in [0.2, 0.25) is 5.91 Å². The molecule has 1 aliphatic carbocycles. The number of amides is 1. The minimum absolute atomic E-state index is 0. The largest absolute Gasteiger partial charge is 0.366 e. The number of benzene rings is 2. The number of halogens is 1. The Morgan fingerprint density at radius 2 is 1.88 bits per heavy atom. The Hall–Kier alpha value is -1.84. The number of rotatable bonds is 6. The summed E-state index contributed by atoms with van der Waals surface area (Å²) in [6.07, 6.45) is 6.94. The van der Waals surface area contributed by atoms with Crippen LogP contribution in [0.5, 0.6) is 0 Å². The van der Waals surface area contributed by atoms with E-state index in [-0.39, 0.29) is 18.3 Å². The van der Waals surface area contributed by atoms with Crippen LogP contribution in [0.1, 0.15) is 53.6 Å². The maximum Gasteiger partial charge on any atom is 0.248 e. The van der Waals surface area contributed by atoms with Gasteiger partial charge in [0.1, 0.15) is 0 Å². The monoisotopic (exact) mass is 372 g/mol. The summed E-state index contributed by atoms with van der Waals surface area (Å²) >= 11 is 0. The Labute approximate surface area is 162 Å². The van der Waals surface area contributed by atoms with E-state index in [0.29, 0.717) is 5.56 Å². The molecule has 4 heteroatoms. The molecule has 26 heavy (non-hydrogen) atoms. The van der Waals surface area contributed by atoms with Crippen LogP contribution in [0.2, 0.25) is 0 Å². The van der Waals surface area contributed by atoms with Gasteiger partial charge >= 0.3 is 0 Å². The zero-order valence-electron chi connectivity index (χ0n) is 15.5. The molecule has 0 aliphatic heterocycles. The van der Waals surface area contributed by atoms with Crippen molar-refractivity contribution in [2.45, 2.75) is 45.6 Å². The highest BCUT2D eigenvalue weighted by Gasteiger charge is 2.12. The third-order valence-corrected chi connectivity index (χ3v) is 5.24. The Kier molecular flexibility index (Phi) is 7.67. The van der Waals surface area contributed by atoms with Crippen LogP contribution in [0.25, 0.3) is 11.1 Å². The van der Waals surface area contributed by atoms with E-state index in [2.05, 4.69) is 29.6 Å². The molecule has 0 unspecified atom stereocenters. The summed E-state index contributed by atoms with van der Waals surface area (Å²) < 4.78 is 0. The Balaban J connectivity index is 0.00000243. The minimum Gasteiger partial charge on any atom is -0.366 e. The van der Waals surface area contributed by atoms with Gasteiger partial charge in [0, 0.05) is 12.1 Å². The van der Waals surface area contributed by atoms with Crippen LogP contribution >= 0.6 is 12.4 Å². The lowest BCUT2D eigenvalue weighted by Gasteiger charge is -2.21. The molecule has 1 fully saturated rings. The average molecular weight is 373 g/mol. The standard InChI is InChI=1S/C22H28N2O.ClH/c1-16-12-20(22(23)25)10-11-21(16)19-9-5-8-18(13-19)15-24-14-17-6-3-2-4-7-17;/h5,8-13,17,24H,2-4,6-7,14-15H2,1H3,(H2,23,25);1H. The van der Waals surface area contributed by atoms with Crippen LogP contribution in [0.4, 0.5) is 0 Å². The van der Waals surface area contributed by atoms with Gasteiger partial charge in [0.25, 0.3) is 0 Å². The topological polar surface area (TPSA) is 55.1 Å². The smallest absolute Gasteiger partial charge is 0.248 e. The van der Waals surface area contributed by atoms with Crippen LogP contribution in [0.15, 0.2) is 42.5 Å². The zero-order valence-corrected chi connectivity index (χ0v) is 16.3. The molecule has 3 nitrogen and oxygen atoms in total. The van der Waals surface area contributed by atoms with Crippen LogP contribution < -0.4 is 11.1 Å². The molecule has 2 aromatic carbocycles. The molecular formula is C22H29ClN2O. The summed E-state index contributed by atoms with van der Waals surface area (Å²) in [5.74, 6) is 0.468. The van der Waals surface area contributed by atoms with Gasteiger partial charge in [-0.1, -0.05) is 43.5 Å². The Morgan fingerprint density at radius 1 is 1.12 bits per heavy atom. The van der Waals surface area contributed by atoms with Gasteiger partial charge in [-0.05, 0) is 72.7 Å². The lowest BCUT2D eigenvalue weighted by molar-refractivity contribution is 0.1000. The molecule has 2 aromatic rings. The first-order valence-corrected chi connectivity index (χ1v) is 9.34. The molecule has 0 saturated heterocycles. The quantitative estimate of drug-likeness (QED) is 0.761. The minimum atomic E-state index is -0.379. The molecule has 3 N–H and O–H groups in total. The van der Waals surface area contributed by atoms with E-state index in [1.54, 1.807) is 6.07 Å². The van der Waals surface area contributed by atoms with Gasteiger partial charge in [0.15, 0.2) is 0 Å². The SMILES string of the molecule is Cc1cc(C(N)=O)ccc1-c1cccc(CNCC2CCCCC2)c1.Cl. The summed E-state index contributed by atoms with van der Waals surface area (Å²) in [4.78, 5) is 11.3. The number of nitrogens with one attached hydrogen (secondary N) is 1. The van der Waals surface area contributed by atoms with Crippen molar-refractivity contribution in [3.63, 3.8) is 0 Å². The second kappa shape index (κ2) is 9.75. The molecule has 3 rings (SSSR count). The molecule has 140 valence electrons. The predicted molar refractivity (Wildman–Crippen MR) is 111 cm³/mol. The highest BCUT2D eigenvalue weighted by molar-refractivity contribution is 5.93. The van der Waals surface area contributed by atoms with E-state index < -0.39 is 0 Å². The van der Waals surface area contributed by atoms with Crippen molar-refractivity contribution >= 4 is 18.3 Å². The normalized spacial score (nSPS) is 14.7. The van der Waals surface area contributed by atoms with Crippen molar-refractivity contribution in [2.75, 3.05) is 6.54 Å². The average Bonchev–Trinajstić information content (AvgIpc) is 2.63. The maximum absolute atomic E-state index is 11.3. The second-order valence-corrected chi connectivity index (χ2v) is 7.23. The van der Waals surface area contributed by atoms with E-state index in [9.17, 15) is 4.79 Å². The molecule has 1 aliphatic rings. The second-order valence-electron chi connectivity index (χ2n) is 7.23. The number of carbonyl (C=O) groups excluding carboxylic acids is 1. The van der Waals surface area contributed by atoms with Crippen molar-refractivity contribution in [3.8, 4) is 11.1 Å². The lowest BCUT2D eigenvalue weighted by atomic mass is 9.89. The van der Waals surface area contributed by atoms with Crippen molar-refractivity contribution in [3.05, 3.63) is 59.2 Å². The van der Waals surface area contributed by atoms with Crippen molar-refractivity contribution in [1.82, 2.24) is 5.32 Å². The molecule has 1 amide bonds. The first-order chi connectivity index (χ1) is 12.1. The predicted octanol–water partition coefficient (Wildman–Crippen LogP) is 4.85. The number of hydrogen-bond acceptors (Lipinski definition) is 2. The number of primary amides is 1. The van der Waals surface area contributed by atoms with E-state index in [1.165, 1.54) is 43.2 Å². The van der Waals surface area contributed by atoms with Gasteiger partial charge < -0.3 is 11.1 Å². The van der Waals surface area contributed by atoms with Gasteiger partial charge in [-0.3, -0.25) is 4.79 Å². The third kappa shape index (κ3) is 5.33. The summed E-state index contributed by atoms with van der Waals surface area (Å²) in [7, 11) is 0. The highest BCUT2D eigenvalue weighted by atomic mass is 35.5. The van der Waals surface area contributed by atoms with E-state index in [1.807, 2.05) is 19.1 Å². The molecule has 0 atom stereocenters. The lowest BCUT2D eigenvalue weighted by Crippen LogP contribution is -2.24. The Bertz CT molecular complexity index is 739. The molecule has 0 bridgehead atoms. The van der Waals surface area contributed by atoms with Crippen molar-refractivity contribution in [2.24, 2.45) is 11.7 Å². The first-order valence-electron chi connectivity index (χ1n) is 9.34. The summed E-state index contributed by atoms with van der Waals surface area (Å²) in [6, 6.07) is 14.3. The van der Waals surface area contributed by atoms with Gasteiger partial charge in [-0.25, -0.2) is 0 Å². The van der Waals surface area contributed by atoms with Crippen molar-refractivity contribution < 1.29 is 4.79 Å². The van der Waals surface area contributed by atoms with Gasteiger partial charge in [0.05, 0.1) is 0 Å². The number of hydrogen-bond donors (Lipinski definition) is 2. The van der Waals surface area contributed by atoms with Gasteiger partial charge in [-0.2, -0.15) is 0 Å². The number of carbonyl (C=O) groups is 1. The summed E-state index contributed by atoms with van der Waals surface area (Å²) in [5.41, 5.74) is 10.6. The van der Waals surface area contributed by atoms with E-state index in [0.717, 1.165) is 30.1 Å². The fourth-order valence-corrected chi connectivity index (χ4v) is 3.80. The van der Waals surface area contributed by atoms with Crippen LogP contribution in [0, 0.1) is 12.8 Å². The van der Waals surface area contributed by atoms with Crippen LogP contribution in [-0.4, -0.2) is 12.5 Å². The van der Waals surface area contributed by atoms with E-state index in [4.69, 9.17) is 5.73 Å². The zero-order chi connectivity index (χ0) is 17.6. The molecular weight excluding hydrogens is 344 g/mol. The van der Waals surface area contributed by atoms with Gasteiger partial charge in [-0.15, -0.1) is 12.4 Å². The van der Waals surface area contributed by atoms with Crippen LogP contribution in [-0.2, 0) is 6.54 Å². The molecule has 0 aromatic heterocycles. The fraction of sp³-hybridized carbons (Fsp3) is 0.409. The Morgan fingerprint density at radius 3 is 2.58 bits per heavy atom. The third-order valence-electron chi connectivity index (χ3n) is 5.24. The maximum atomic E-state index is 11.3. The summed E-state index contributed by atoms with van der Waals surface area (Å²) in [6.45, 7) is 4.05. The molecule has 1 saturated carbocycles. The highest BCUT2D eigenvalue weighted by Crippen LogP contribution is 2.26. The number of aryl methyl sites for hydroxylation is 1. The fourth-order valence-electron chi connectivity index (χ4n) is 3.80. The molecule has 0 spiro atoms. The molecule has 0 radical (unpaired) electrons. The first kappa shape index (κ1) is 20.5. The van der Waals surface area contributed by atoms with E-state index >= 15 is 0 Å². The van der Waals surface area contributed by atoms with Crippen LogP contribution in [0.3, 0.4) is 0 Å². The van der Waals surface area contributed by atoms with Crippen molar-refractivity contribution in [1.29, 1.82) is 0 Å². The number of nitrogens with two attached hydrogens (primary N) is 1.